The van der Waals surface area contributed by atoms with E-state index in [1.54, 1.807) is 6.08 Å². The molecule has 1 rings (SSSR count). The molecule has 0 spiro atoms. The summed E-state index contributed by atoms with van der Waals surface area (Å²) in [7, 11) is 1.90. The third-order valence-corrected chi connectivity index (χ3v) is 4.24. The van der Waals surface area contributed by atoms with Gasteiger partial charge in [0.2, 0.25) is 0 Å². The minimum atomic E-state index is -2.51. The Kier molecular flexibility index (Phi) is 7.55. The van der Waals surface area contributed by atoms with Crippen LogP contribution < -0.4 is 5.32 Å². The summed E-state index contributed by atoms with van der Waals surface area (Å²) in [4.78, 5) is 1.84. The van der Waals surface area contributed by atoms with Gasteiger partial charge in [-0.05, 0) is 53.7 Å². The summed E-state index contributed by atoms with van der Waals surface area (Å²) >= 11 is 3.08. The maximum Gasteiger partial charge on any atom is 0.272 e. The molecule has 2 unspecified atom stereocenters. The van der Waals surface area contributed by atoms with Gasteiger partial charge in [0.25, 0.3) is 5.92 Å². The van der Waals surface area contributed by atoms with E-state index in [9.17, 15) is 8.78 Å². The highest BCUT2D eigenvalue weighted by atomic mass is 79.9. The molecule has 0 aromatic carbocycles. The zero-order valence-electron chi connectivity index (χ0n) is 14.4. The van der Waals surface area contributed by atoms with Crippen molar-refractivity contribution in [3.05, 3.63) is 23.8 Å². The lowest BCUT2D eigenvalue weighted by Crippen LogP contribution is -2.59. The molecule has 0 amide bonds. The first-order valence-electron chi connectivity index (χ1n) is 7.91. The zero-order chi connectivity index (χ0) is 17.7. The van der Waals surface area contributed by atoms with E-state index in [1.165, 1.54) is 0 Å². The molecule has 0 aromatic heterocycles. The van der Waals surface area contributed by atoms with Crippen LogP contribution in [0.5, 0.6) is 0 Å². The molecule has 3 nitrogen and oxygen atoms in total. The number of hydrogen-bond donors (Lipinski definition) is 2. The Morgan fingerprint density at radius 2 is 2.04 bits per heavy atom. The van der Waals surface area contributed by atoms with Crippen LogP contribution in [0.3, 0.4) is 0 Å². The Balaban J connectivity index is 2.63. The maximum atomic E-state index is 13.0. The summed E-state index contributed by atoms with van der Waals surface area (Å²) in [5.41, 5.74) is 1.05. The largest absolute Gasteiger partial charge is 0.319 e. The highest BCUT2D eigenvalue weighted by Gasteiger charge is 2.45. The second-order valence-electron chi connectivity index (χ2n) is 7.12. The van der Waals surface area contributed by atoms with Gasteiger partial charge in [0, 0.05) is 13.1 Å². The van der Waals surface area contributed by atoms with Crippen LogP contribution in [0.15, 0.2) is 23.8 Å². The number of nitrogens with one attached hydrogen (secondary N) is 2. The minimum Gasteiger partial charge on any atom is -0.319 e. The average Bonchev–Trinajstić information content (AvgIpc) is 2.33. The Bertz CT molecular complexity index is 468. The molecule has 2 N–H and O–H groups in total. The monoisotopic (exact) mass is 391 g/mol. The quantitative estimate of drug-likeness (QED) is 0.459. The maximum absolute atomic E-state index is 13.0. The van der Waals surface area contributed by atoms with Crippen LogP contribution in [0, 0.1) is 16.7 Å². The smallest absolute Gasteiger partial charge is 0.272 e. The van der Waals surface area contributed by atoms with E-state index in [0.29, 0.717) is 17.1 Å². The lowest BCUT2D eigenvalue weighted by molar-refractivity contribution is -0.140. The number of rotatable bonds is 9. The SMILES string of the molecule is CNCC(C)(CC(C)/C=C(C)/C=C\C(=N)Br)CN1CC(F)(F)C1. The van der Waals surface area contributed by atoms with Gasteiger partial charge in [-0.15, -0.1) is 0 Å². The van der Waals surface area contributed by atoms with Crippen molar-refractivity contribution < 1.29 is 8.78 Å². The second-order valence-corrected chi connectivity index (χ2v) is 7.97. The van der Waals surface area contributed by atoms with Crippen molar-refractivity contribution in [2.75, 3.05) is 33.2 Å². The van der Waals surface area contributed by atoms with E-state index < -0.39 is 5.92 Å². The van der Waals surface area contributed by atoms with Gasteiger partial charge in [-0.3, -0.25) is 10.3 Å². The predicted molar refractivity (Wildman–Crippen MR) is 96.8 cm³/mol. The molecule has 0 aromatic rings. The lowest BCUT2D eigenvalue weighted by atomic mass is 9.79. The molecule has 2 atom stereocenters. The molecule has 1 heterocycles. The number of likely N-dealkylation sites (tertiary alicyclic amines) is 1. The third-order valence-electron chi connectivity index (χ3n) is 3.97. The molecular weight excluding hydrogens is 364 g/mol. The van der Waals surface area contributed by atoms with E-state index >= 15 is 0 Å². The molecule has 6 heteroatoms. The Labute approximate surface area is 146 Å². The summed E-state index contributed by atoms with van der Waals surface area (Å²) in [5.74, 6) is -2.17. The summed E-state index contributed by atoms with van der Waals surface area (Å²) in [6.45, 7) is 7.56. The van der Waals surface area contributed by atoms with Crippen LogP contribution in [-0.4, -0.2) is 48.7 Å². The number of halogens is 3. The lowest BCUT2D eigenvalue weighted by Gasteiger charge is -2.44. The molecular formula is C17H28BrF2N3. The van der Waals surface area contributed by atoms with Crippen LogP contribution in [-0.2, 0) is 0 Å². The summed E-state index contributed by atoms with van der Waals surface area (Å²) < 4.78 is 26.4. The van der Waals surface area contributed by atoms with Gasteiger partial charge in [0.1, 0.15) is 0 Å². The normalized spacial score (nSPS) is 22.7. The molecule has 0 saturated carbocycles. The number of allylic oxidation sites excluding steroid dienone is 4. The number of nitrogens with zero attached hydrogens (tertiary/aromatic N) is 1. The summed E-state index contributed by atoms with van der Waals surface area (Å²) in [5, 5.41) is 10.5. The minimum absolute atomic E-state index is 0.0483. The summed E-state index contributed by atoms with van der Waals surface area (Å²) in [6.07, 6.45) is 6.70. The molecule has 0 radical (unpaired) electrons. The Morgan fingerprint density at radius 1 is 1.43 bits per heavy atom. The van der Waals surface area contributed by atoms with E-state index in [0.717, 1.165) is 18.5 Å². The number of alkyl halides is 2. The van der Waals surface area contributed by atoms with Gasteiger partial charge in [-0.25, -0.2) is 8.78 Å². The van der Waals surface area contributed by atoms with Crippen LogP contribution in [0.2, 0.25) is 0 Å². The highest BCUT2D eigenvalue weighted by Crippen LogP contribution is 2.33. The van der Waals surface area contributed by atoms with Gasteiger partial charge in [0.05, 0.1) is 17.7 Å². The van der Waals surface area contributed by atoms with Crippen molar-refractivity contribution in [1.29, 1.82) is 5.41 Å². The fraction of sp³-hybridized carbons (Fsp3) is 0.706. The van der Waals surface area contributed by atoms with Gasteiger partial charge in [0.15, 0.2) is 0 Å². The molecule has 0 aliphatic carbocycles. The van der Waals surface area contributed by atoms with Crippen molar-refractivity contribution in [2.24, 2.45) is 11.3 Å². The fourth-order valence-corrected chi connectivity index (χ4v) is 3.56. The van der Waals surface area contributed by atoms with Crippen molar-refractivity contribution in [1.82, 2.24) is 10.2 Å². The van der Waals surface area contributed by atoms with Crippen LogP contribution >= 0.6 is 15.9 Å². The van der Waals surface area contributed by atoms with Crippen LogP contribution in [0.4, 0.5) is 8.78 Å². The first-order valence-corrected chi connectivity index (χ1v) is 8.70. The average molecular weight is 392 g/mol. The summed E-state index contributed by atoms with van der Waals surface area (Å²) in [6, 6.07) is 0. The van der Waals surface area contributed by atoms with Crippen molar-refractivity contribution in [3.63, 3.8) is 0 Å². The van der Waals surface area contributed by atoms with Crippen LogP contribution in [0.1, 0.15) is 27.2 Å². The third kappa shape index (κ3) is 7.68. The molecule has 1 aliphatic heterocycles. The van der Waals surface area contributed by atoms with E-state index in [2.05, 4.69) is 41.2 Å². The van der Waals surface area contributed by atoms with Gasteiger partial charge in [-0.1, -0.05) is 31.6 Å². The van der Waals surface area contributed by atoms with Crippen molar-refractivity contribution >= 4 is 20.6 Å². The first kappa shape index (κ1) is 20.5. The molecule has 1 fully saturated rings. The fourth-order valence-electron chi connectivity index (χ4n) is 3.42. The predicted octanol–water partition coefficient (Wildman–Crippen LogP) is 4.06. The number of hydrogen-bond acceptors (Lipinski definition) is 3. The molecule has 1 aliphatic rings. The molecule has 132 valence electrons. The first-order chi connectivity index (χ1) is 10.6. The van der Waals surface area contributed by atoms with Crippen molar-refractivity contribution in [2.45, 2.75) is 33.1 Å². The van der Waals surface area contributed by atoms with Crippen LogP contribution in [0.25, 0.3) is 0 Å². The van der Waals surface area contributed by atoms with Gasteiger partial charge < -0.3 is 5.32 Å². The second kappa shape index (κ2) is 8.49. The van der Waals surface area contributed by atoms with E-state index in [4.69, 9.17) is 5.41 Å². The standard InChI is InChI=1S/C17H28BrF2N3/c1-13(5-6-15(18)21)7-14(2)8-16(3,9-22-4)10-23-11-17(19,20)12-23/h5-7,14,21-22H,8-12H2,1-4H3/b6-5-,13-7+,21-15?. The molecule has 23 heavy (non-hydrogen) atoms. The van der Waals surface area contributed by atoms with Gasteiger partial charge >= 0.3 is 0 Å². The van der Waals surface area contributed by atoms with Gasteiger partial charge in [-0.2, -0.15) is 0 Å². The molecule has 1 saturated heterocycles. The Hall–Kier alpha value is -0.590. The van der Waals surface area contributed by atoms with Crippen molar-refractivity contribution in [3.8, 4) is 0 Å². The highest BCUT2D eigenvalue weighted by molar-refractivity contribution is 9.18. The zero-order valence-corrected chi connectivity index (χ0v) is 16.0. The Morgan fingerprint density at radius 3 is 2.52 bits per heavy atom. The topological polar surface area (TPSA) is 39.1 Å². The van der Waals surface area contributed by atoms with E-state index in [1.807, 2.05) is 24.9 Å². The van der Waals surface area contributed by atoms with E-state index in [-0.39, 0.29) is 18.5 Å². The molecule has 0 bridgehead atoms.